The van der Waals surface area contributed by atoms with Gasteiger partial charge in [0.1, 0.15) is 0 Å². The van der Waals surface area contributed by atoms with Crippen LogP contribution in [0.15, 0.2) is 48.5 Å². The van der Waals surface area contributed by atoms with Crippen molar-refractivity contribution >= 4 is 23.3 Å². The van der Waals surface area contributed by atoms with Crippen LogP contribution in [0.4, 0.5) is 11.4 Å². The maximum atomic E-state index is 12.3. The zero-order valence-corrected chi connectivity index (χ0v) is 12.7. The van der Waals surface area contributed by atoms with Gasteiger partial charge in [-0.1, -0.05) is 24.3 Å². The first-order chi connectivity index (χ1) is 11.6. The van der Waals surface area contributed by atoms with E-state index < -0.39 is 17.5 Å². The summed E-state index contributed by atoms with van der Waals surface area (Å²) >= 11 is 0. The number of hydrogen-bond acceptors (Lipinski definition) is 5. The van der Waals surface area contributed by atoms with Crippen LogP contribution in [0.2, 0.25) is 0 Å². The van der Waals surface area contributed by atoms with Crippen molar-refractivity contribution in [3.05, 3.63) is 69.8 Å². The Labute approximate surface area is 137 Å². The molecule has 2 aromatic carbocycles. The Kier molecular flexibility index (Phi) is 4.24. The van der Waals surface area contributed by atoms with Gasteiger partial charge >= 0.3 is 5.97 Å². The molecule has 0 bridgehead atoms. The second-order valence-electron chi connectivity index (χ2n) is 5.31. The highest BCUT2D eigenvalue weighted by Crippen LogP contribution is 2.27. The van der Waals surface area contributed by atoms with Gasteiger partial charge in [0, 0.05) is 24.4 Å². The smallest absolute Gasteiger partial charge is 0.338 e. The van der Waals surface area contributed by atoms with Crippen LogP contribution in [0.25, 0.3) is 0 Å². The van der Waals surface area contributed by atoms with Crippen LogP contribution in [0.1, 0.15) is 15.9 Å². The lowest BCUT2D eigenvalue weighted by Crippen LogP contribution is -2.33. The first-order valence-electron chi connectivity index (χ1n) is 7.36. The fourth-order valence-electron chi connectivity index (χ4n) is 2.63. The third-order valence-electron chi connectivity index (χ3n) is 3.81. The Morgan fingerprint density at radius 2 is 1.96 bits per heavy atom. The van der Waals surface area contributed by atoms with Gasteiger partial charge in [0.15, 0.2) is 6.61 Å². The van der Waals surface area contributed by atoms with Gasteiger partial charge in [-0.3, -0.25) is 14.9 Å². The van der Waals surface area contributed by atoms with Crippen molar-refractivity contribution in [1.82, 2.24) is 0 Å². The SMILES string of the molecule is O=C(OCC(=O)N1CCc2ccccc21)c1cccc([N+](=O)[O-])c1. The summed E-state index contributed by atoms with van der Waals surface area (Å²) in [5, 5.41) is 10.7. The van der Waals surface area contributed by atoms with Crippen LogP contribution < -0.4 is 4.90 Å². The summed E-state index contributed by atoms with van der Waals surface area (Å²) < 4.78 is 5.00. The number of amides is 1. The van der Waals surface area contributed by atoms with Crippen molar-refractivity contribution in [2.24, 2.45) is 0 Å². The number of benzene rings is 2. The van der Waals surface area contributed by atoms with E-state index in [0.717, 1.165) is 23.7 Å². The zero-order chi connectivity index (χ0) is 17.1. The third kappa shape index (κ3) is 3.10. The number of carbonyl (C=O) groups is 2. The van der Waals surface area contributed by atoms with Gasteiger partial charge in [0.25, 0.3) is 11.6 Å². The van der Waals surface area contributed by atoms with Gasteiger partial charge in [-0.25, -0.2) is 4.79 Å². The summed E-state index contributed by atoms with van der Waals surface area (Å²) in [5.74, 6) is -1.08. The van der Waals surface area contributed by atoms with Crippen LogP contribution in [-0.4, -0.2) is 30.0 Å². The van der Waals surface area contributed by atoms with Gasteiger partial charge < -0.3 is 9.64 Å². The summed E-state index contributed by atoms with van der Waals surface area (Å²) in [6, 6.07) is 12.8. The molecule has 0 spiro atoms. The molecule has 0 saturated heterocycles. The van der Waals surface area contributed by atoms with Gasteiger partial charge in [-0.15, -0.1) is 0 Å². The lowest BCUT2D eigenvalue weighted by molar-refractivity contribution is -0.384. The number of nitrogens with zero attached hydrogens (tertiary/aromatic N) is 2. The Balaban J connectivity index is 1.64. The normalized spacial score (nSPS) is 12.6. The second-order valence-corrected chi connectivity index (χ2v) is 5.31. The molecule has 7 heteroatoms. The predicted octanol–water partition coefficient (Wildman–Crippen LogP) is 2.34. The minimum atomic E-state index is -0.764. The lowest BCUT2D eigenvalue weighted by atomic mass is 10.2. The average molecular weight is 326 g/mol. The number of ether oxygens (including phenoxy) is 1. The molecule has 0 fully saturated rings. The predicted molar refractivity (Wildman–Crippen MR) is 85.9 cm³/mol. The molecule has 24 heavy (non-hydrogen) atoms. The number of carbonyl (C=O) groups excluding carboxylic acids is 2. The van der Waals surface area contributed by atoms with E-state index in [4.69, 9.17) is 4.74 Å². The molecule has 0 atom stereocenters. The highest BCUT2D eigenvalue weighted by molar-refractivity contribution is 5.98. The Morgan fingerprint density at radius 1 is 1.17 bits per heavy atom. The van der Waals surface area contributed by atoms with Crippen molar-refractivity contribution in [3.8, 4) is 0 Å². The fourth-order valence-corrected chi connectivity index (χ4v) is 2.63. The molecule has 0 N–H and O–H groups in total. The molecular weight excluding hydrogens is 312 g/mol. The first-order valence-corrected chi connectivity index (χ1v) is 7.36. The summed E-state index contributed by atoms with van der Waals surface area (Å²) in [6.07, 6.45) is 0.765. The molecule has 7 nitrogen and oxygen atoms in total. The molecular formula is C17H14N2O5. The number of nitro benzene ring substituents is 1. The highest BCUT2D eigenvalue weighted by Gasteiger charge is 2.25. The number of esters is 1. The molecule has 0 unspecified atom stereocenters. The minimum Gasteiger partial charge on any atom is -0.452 e. The van der Waals surface area contributed by atoms with Crippen molar-refractivity contribution in [2.45, 2.75) is 6.42 Å². The maximum absolute atomic E-state index is 12.3. The molecule has 1 aliphatic rings. The van der Waals surface area contributed by atoms with E-state index in [2.05, 4.69) is 0 Å². The number of non-ortho nitro benzene ring substituents is 1. The molecule has 0 aliphatic carbocycles. The molecule has 1 aliphatic heterocycles. The maximum Gasteiger partial charge on any atom is 0.338 e. The number of nitro groups is 1. The number of fused-ring (bicyclic) bond motifs is 1. The Bertz CT molecular complexity index is 818. The van der Waals surface area contributed by atoms with Crippen LogP contribution in [0.5, 0.6) is 0 Å². The van der Waals surface area contributed by atoms with E-state index in [1.54, 1.807) is 4.90 Å². The molecule has 3 rings (SSSR count). The summed E-state index contributed by atoms with van der Waals surface area (Å²) in [4.78, 5) is 35.9. The molecule has 0 aromatic heterocycles. The van der Waals surface area contributed by atoms with Gasteiger partial charge in [-0.05, 0) is 24.1 Å². The zero-order valence-electron chi connectivity index (χ0n) is 12.7. The topological polar surface area (TPSA) is 89.8 Å². The molecule has 1 heterocycles. The lowest BCUT2D eigenvalue weighted by Gasteiger charge is -2.17. The van der Waals surface area contributed by atoms with Gasteiger partial charge in [-0.2, -0.15) is 0 Å². The molecule has 1 amide bonds. The van der Waals surface area contributed by atoms with E-state index in [1.807, 2.05) is 24.3 Å². The van der Waals surface area contributed by atoms with E-state index in [0.29, 0.717) is 6.54 Å². The molecule has 2 aromatic rings. The van der Waals surface area contributed by atoms with Crippen molar-refractivity contribution in [3.63, 3.8) is 0 Å². The van der Waals surface area contributed by atoms with E-state index in [1.165, 1.54) is 18.2 Å². The van der Waals surface area contributed by atoms with Crippen LogP contribution >= 0.6 is 0 Å². The van der Waals surface area contributed by atoms with Crippen LogP contribution in [0.3, 0.4) is 0 Å². The van der Waals surface area contributed by atoms with Gasteiger partial charge in [0.05, 0.1) is 10.5 Å². The first kappa shape index (κ1) is 15.7. The molecule has 0 radical (unpaired) electrons. The van der Waals surface area contributed by atoms with Crippen molar-refractivity contribution < 1.29 is 19.2 Å². The monoisotopic (exact) mass is 326 g/mol. The summed E-state index contributed by atoms with van der Waals surface area (Å²) in [5.41, 5.74) is 1.74. The molecule has 122 valence electrons. The van der Waals surface area contributed by atoms with Crippen LogP contribution in [-0.2, 0) is 16.0 Å². The summed E-state index contributed by atoms with van der Waals surface area (Å²) in [6.45, 7) is 0.141. The van der Waals surface area contributed by atoms with E-state index in [9.17, 15) is 19.7 Å². The fraction of sp³-hybridized carbons (Fsp3) is 0.176. The highest BCUT2D eigenvalue weighted by atomic mass is 16.6. The number of rotatable bonds is 4. The third-order valence-corrected chi connectivity index (χ3v) is 3.81. The Morgan fingerprint density at radius 3 is 2.75 bits per heavy atom. The van der Waals surface area contributed by atoms with Crippen molar-refractivity contribution in [2.75, 3.05) is 18.1 Å². The van der Waals surface area contributed by atoms with Gasteiger partial charge in [0.2, 0.25) is 0 Å². The quantitative estimate of drug-likeness (QED) is 0.489. The van der Waals surface area contributed by atoms with Crippen LogP contribution in [0, 0.1) is 10.1 Å². The van der Waals surface area contributed by atoms with Crippen molar-refractivity contribution in [1.29, 1.82) is 0 Å². The molecule has 0 saturated carbocycles. The number of para-hydroxylation sites is 1. The standard InChI is InChI=1S/C17H14N2O5/c20-16(18-9-8-12-4-1-2-7-15(12)18)11-24-17(21)13-5-3-6-14(10-13)19(22)23/h1-7,10H,8-9,11H2. The largest absolute Gasteiger partial charge is 0.452 e. The second kappa shape index (κ2) is 6.49. The Hall–Kier alpha value is -3.22. The average Bonchev–Trinajstić information content (AvgIpc) is 3.03. The minimum absolute atomic E-state index is 0.0406. The number of hydrogen-bond donors (Lipinski definition) is 0. The summed E-state index contributed by atoms with van der Waals surface area (Å²) in [7, 11) is 0. The van der Waals surface area contributed by atoms with E-state index >= 15 is 0 Å². The van der Waals surface area contributed by atoms with E-state index in [-0.39, 0.29) is 17.2 Å². The number of anilines is 1.